The van der Waals surface area contributed by atoms with Gasteiger partial charge < -0.3 is 14.5 Å². The van der Waals surface area contributed by atoms with Gasteiger partial charge in [-0.05, 0) is 13.1 Å². The van der Waals surface area contributed by atoms with Gasteiger partial charge in [0.15, 0.2) is 0 Å². The number of H-pyrrole nitrogens is 1. The Balaban J connectivity index is 2.17. The predicted molar refractivity (Wildman–Crippen MR) is 80.8 cm³/mol. The Morgan fingerprint density at radius 2 is 1.75 bits per heavy atom. The van der Waals surface area contributed by atoms with Gasteiger partial charge in [0, 0.05) is 37.0 Å². The minimum Gasteiger partial charge on any atom is -0.481 e. The summed E-state index contributed by atoms with van der Waals surface area (Å²) in [5.74, 6) is 0.554. The number of nitrogens with one attached hydrogen (secondary N) is 1. The van der Waals surface area contributed by atoms with Crippen LogP contribution in [0.25, 0.3) is 10.8 Å². The van der Waals surface area contributed by atoms with Gasteiger partial charge in [0.2, 0.25) is 5.88 Å². The lowest BCUT2D eigenvalue weighted by atomic mass is 10.1. The normalized spacial score (nSPS) is 16.6. The standard InChI is InChI=1S/C15H19N3O2/c1-17-7-9-18(10-8-17)13-11-5-3-4-6-12(11)14(19)16-15(13)20-2/h3-6H,7-10H2,1-2H3,(H,16,19). The van der Waals surface area contributed by atoms with Crippen molar-refractivity contribution in [3.63, 3.8) is 0 Å². The van der Waals surface area contributed by atoms with Crippen LogP contribution in [0.4, 0.5) is 5.69 Å². The Bertz CT molecular complexity index is 672. The third-order valence-corrected chi connectivity index (χ3v) is 3.89. The van der Waals surface area contributed by atoms with Gasteiger partial charge in [0.05, 0.1) is 7.11 Å². The van der Waals surface area contributed by atoms with Crippen LogP contribution >= 0.6 is 0 Å². The maximum Gasteiger partial charge on any atom is 0.258 e. The number of aromatic amines is 1. The summed E-state index contributed by atoms with van der Waals surface area (Å²) in [5, 5.41) is 1.67. The van der Waals surface area contributed by atoms with Crippen molar-refractivity contribution in [2.45, 2.75) is 0 Å². The molecule has 1 aromatic heterocycles. The van der Waals surface area contributed by atoms with Gasteiger partial charge >= 0.3 is 0 Å². The maximum absolute atomic E-state index is 12.1. The SMILES string of the molecule is COc1[nH]c(=O)c2ccccc2c1N1CCN(C)CC1. The second kappa shape index (κ2) is 5.17. The van der Waals surface area contributed by atoms with E-state index in [2.05, 4.69) is 21.8 Å². The van der Waals surface area contributed by atoms with Gasteiger partial charge in [-0.2, -0.15) is 0 Å². The predicted octanol–water partition coefficient (Wildman–Crippen LogP) is 1.29. The van der Waals surface area contributed by atoms with Gasteiger partial charge in [-0.25, -0.2) is 0 Å². The van der Waals surface area contributed by atoms with Crippen LogP contribution in [0.15, 0.2) is 29.1 Å². The van der Waals surface area contributed by atoms with Crippen molar-refractivity contribution in [3.8, 4) is 5.88 Å². The molecule has 0 spiro atoms. The van der Waals surface area contributed by atoms with E-state index in [0.29, 0.717) is 11.3 Å². The van der Waals surface area contributed by atoms with Crippen LogP contribution in [-0.4, -0.2) is 50.2 Å². The van der Waals surface area contributed by atoms with E-state index in [-0.39, 0.29) is 5.56 Å². The summed E-state index contributed by atoms with van der Waals surface area (Å²) in [7, 11) is 3.72. The summed E-state index contributed by atoms with van der Waals surface area (Å²) in [4.78, 5) is 19.5. The molecule has 1 aromatic carbocycles. The third-order valence-electron chi connectivity index (χ3n) is 3.89. The first-order chi connectivity index (χ1) is 9.70. The fraction of sp³-hybridized carbons (Fsp3) is 0.400. The van der Waals surface area contributed by atoms with Crippen LogP contribution in [-0.2, 0) is 0 Å². The number of benzene rings is 1. The Labute approximate surface area is 117 Å². The molecule has 1 aliphatic rings. The molecule has 2 aromatic rings. The first kappa shape index (κ1) is 13.0. The fourth-order valence-electron chi connectivity index (χ4n) is 2.73. The Morgan fingerprint density at radius 3 is 2.40 bits per heavy atom. The number of rotatable bonds is 2. The van der Waals surface area contributed by atoms with E-state index in [1.807, 2.05) is 24.3 Å². The second-order valence-electron chi connectivity index (χ2n) is 5.17. The Kier molecular flexibility index (Phi) is 3.36. The lowest BCUT2D eigenvalue weighted by Gasteiger charge is -2.35. The molecule has 3 rings (SSSR count). The molecule has 1 saturated heterocycles. The lowest BCUT2D eigenvalue weighted by Crippen LogP contribution is -2.44. The van der Waals surface area contributed by atoms with Gasteiger partial charge in [-0.15, -0.1) is 0 Å². The quantitative estimate of drug-likeness (QED) is 0.895. The van der Waals surface area contributed by atoms with Crippen LogP contribution in [0.1, 0.15) is 0 Å². The number of ether oxygens (including phenoxy) is 1. The molecule has 0 radical (unpaired) electrons. The summed E-state index contributed by atoms with van der Waals surface area (Å²) in [6.07, 6.45) is 0. The summed E-state index contributed by atoms with van der Waals surface area (Å²) in [6, 6.07) is 7.69. The minimum atomic E-state index is -0.102. The van der Waals surface area contributed by atoms with Crippen LogP contribution in [0.2, 0.25) is 0 Å². The molecule has 1 N–H and O–H groups in total. The zero-order valence-electron chi connectivity index (χ0n) is 11.8. The molecule has 0 aliphatic carbocycles. The summed E-state index contributed by atoms with van der Waals surface area (Å²) >= 11 is 0. The van der Waals surface area contributed by atoms with Crippen molar-refractivity contribution < 1.29 is 4.74 Å². The molecule has 0 saturated carbocycles. The van der Waals surface area contributed by atoms with E-state index in [1.165, 1.54) is 0 Å². The number of aromatic nitrogens is 1. The van der Waals surface area contributed by atoms with Crippen molar-refractivity contribution in [3.05, 3.63) is 34.6 Å². The van der Waals surface area contributed by atoms with Crippen LogP contribution in [0.5, 0.6) is 5.88 Å². The number of piperazine rings is 1. The first-order valence-electron chi connectivity index (χ1n) is 6.83. The van der Waals surface area contributed by atoms with E-state index < -0.39 is 0 Å². The van der Waals surface area contributed by atoms with Crippen molar-refractivity contribution in [1.29, 1.82) is 0 Å². The summed E-state index contributed by atoms with van der Waals surface area (Å²) < 4.78 is 5.40. The molecule has 0 bridgehead atoms. The number of hydrogen-bond acceptors (Lipinski definition) is 4. The molecule has 106 valence electrons. The topological polar surface area (TPSA) is 48.6 Å². The minimum absolute atomic E-state index is 0.102. The molecular weight excluding hydrogens is 254 g/mol. The van der Waals surface area contributed by atoms with E-state index in [4.69, 9.17) is 4.74 Å². The van der Waals surface area contributed by atoms with Crippen LogP contribution in [0, 0.1) is 0 Å². The number of pyridine rings is 1. The monoisotopic (exact) mass is 273 g/mol. The molecule has 20 heavy (non-hydrogen) atoms. The first-order valence-corrected chi connectivity index (χ1v) is 6.83. The second-order valence-corrected chi connectivity index (χ2v) is 5.17. The number of likely N-dealkylation sites (N-methyl/N-ethyl adjacent to an activating group) is 1. The molecule has 2 heterocycles. The number of methoxy groups -OCH3 is 1. The number of hydrogen-bond donors (Lipinski definition) is 1. The highest BCUT2D eigenvalue weighted by molar-refractivity contribution is 5.96. The molecule has 0 amide bonds. The number of nitrogens with zero attached hydrogens (tertiary/aromatic N) is 2. The Morgan fingerprint density at radius 1 is 1.10 bits per heavy atom. The summed E-state index contributed by atoms with van der Waals surface area (Å²) in [6.45, 7) is 3.89. The van der Waals surface area contributed by atoms with Crippen molar-refractivity contribution in [2.75, 3.05) is 45.2 Å². The largest absolute Gasteiger partial charge is 0.481 e. The molecular formula is C15H19N3O2. The van der Waals surface area contributed by atoms with Crippen LogP contribution < -0.4 is 15.2 Å². The average molecular weight is 273 g/mol. The van der Waals surface area contributed by atoms with E-state index in [9.17, 15) is 4.79 Å². The van der Waals surface area contributed by atoms with Crippen molar-refractivity contribution >= 4 is 16.5 Å². The van der Waals surface area contributed by atoms with E-state index in [1.54, 1.807) is 7.11 Å². The molecule has 1 fully saturated rings. The van der Waals surface area contributed by atoms with E-state index >= 15 is 0 Å². The molecule has 1 aliphatic heterocycles. The Hall–Kier alpha value is -2.01. The van der Waals surface area contributed by atoms with Gasteiger partial charge in [0.25, 0.3) is 5.56 Å². The molecule has 0 atom stereocenters. The number of fused-ring (bicyclic) bond motifs is 1. The zero-order chi connectivity index (χ0) is 14.1. The smallest absolute Gasteiger partial charge is 0.258 e. The van der Waals surface area contributed by atoms with Gasteiger partial charge in [-0.1, -0.05) is 18.2 Å². The van der Waals surface area contributed by atoms with Gasteiger partial charge in [-0.3, -0.25) is 9.78 Å². The lowest BCUT2D eigenvalue weighted by molar-refractivity contribution is 0.310. The maximum atomic E-state index is 12.1. The molecule has 0 unspecified atom stereocenters. The third kappa shape index (κ3) is 2.14. The van der Waals surface area contributed by atoms with E-state index in [0.717, 1.165) is 37.3 Å². The van der Waals surface area contributed by atoms with Gasteiger partial charge in [0.1, 0.15) is 5.69 Å². The summed E-state index contributed by atoms with van der Waals surface area (Å²) in [5.41, 5.74) is 0.895. The molecule has 5 nitrogen and oxygen atoms in total. The number of anilines is 1. The highest BCUT2D eigenvalue weighted by Crippen LogP contribution is 2.33. The highest BCUT2D eigenvalue weighted by atomic mass is 16.5. The van der Waals surface area contributed by atoms with Crippen molar-refractivity contribution in [1.82, 2.24) is 9.88 Å². The van der Waals surface area contributed by atoms with Crippen LogP contribution in [0.3, 0.4) is 0 Å². The van der Waals surface area contributed by atoms with Crippen molar-refractivity contribution in [2.24, 2.45) is 0 Å². The molecule has 5 heteroatoms. The highest BCUT2D eigenvalue weighted by Gasteiger charge is 2.21. The zero-order valence-corrected chi connectivity index (χ0v) is 11.8. The fourth-order valence-corrected chi connectivity index (χ4v) is 2.73. The average Bonchev–Trinajstić information content (AvgIpc) is 2.48.